The van der Waals surface area contributed by atoms with Gasteiger partial charge in [-0.2, -0.15) is 0 Å². The van der Waals surface area contributed by atoms with Crippen LogP contribution in [0.3, 0.4) is 0 Å². The number of para-hydroxylation sites is 1. The van der Waals surface area contributed by atoms with Crippen LogP contribution in [0.4, 0.5) is 0 Å². The third-order valence-electron chi connectivity index (χ3n) is 1.60. The van der Waals surface area contributed by atoms with E-state index in [0.29, 0.717) is 0 Å². The van der Waals surface area contributed by atoms with Crippen LogP contribution in [0.2, 0.25) is 0 Å². The molecule has 0 aliphatic carbocycles. The molecule has 0 amide bonds. The van der Waals surface area contributed by atoms with Crippen molar-refractivity contribution in [2.75, 3.05) is 7.05 Å². The van der Waals surface area contributed by atoms with Crippen molar-refractivity contribution in [3.8, 4) is 0 Å². The van der Waals surface area contributed by atoms with E-state index in [9.17, 15) is 0 Å². The van der Waals surface area contributed by atoms with Crippen LogP contribution >= 0.6 is 0 Å². The quantitative estimate of drug-likeness (QED) is 0.460. The Labute approximate surface area is 69.5 Å². The zero-order valence-corrected chi connectivity index (χ0v) is 6.68. The summed E-state index contributed by atoms with van der Waals surface area (Å²) in [4.78, 5) is 3.86. The smallest absolute Gasteiger partial charge is 0.113 e. The maximum absolute atomic E-state index is 3.96. The molecule has 0 fully saturated rings. The summed E-state index contributed by atoms with van der Waals surface area (Å²) in [5.74, 6) is 0. The highest BCUT2D eigenvalue weighted by molar-refractivity contribution is 5.80. The Morgan fingerprint density at radius 1 is 1.42 bits per heavy atom. The zero-order chi connectivity index (χ0) is 8.39. The van der Waals surface area contributed by atoms with E-state index < -0.39 is 0 Å². The first-order chi connectivity index (χ1) is 5.92. The number of aliphatic imine (C=N–C) groups is 1. The van der Waals surface area contributed by atoms with Crippen molar-refractivity contribution in [3.63, 3.8) is 0 Å². The van der Waals surface area contributed by atoms with Gasteiger partial charge < -0.3 is 0 Å². The van der Waals surface area contributed by atoms with Crippen LogP contribution < -0.4 is 0 Å². The lowest BCUT2D eigenvalue weighted by Crippen LogP contribution is -1.96. The van der Waals surface area contributed by atoms with Gasteiger partial charge in [0.1, 0.15) is 11.9 Å². The van der Waals surface area contributed by atoms with E-state index in [4.69, 9.17) is 0 Å². The molecule has 1 aromatic heterocycles. The molecule has 0 aliphatic heterocycles. The molecule has 1 heterocycles. The van der Waals surface area contributed by atoms with Gasteiger partial charge in [-0.15, -0.1) is 5.10 Å². The number of nitrogens with zero attached hydrogens (tertiary/aromatic N) is 4. The number of fused-ring (bicyclic) bond motifs is 1. The predicted octanol–water partition coefficient (Wildman–Crippen LogP) is 0.938. The van der Waals surface area contributed by atoms with Crippen LogP contribution in [0, 0.1) is 0 Å². The topological polar surface area (TPSA) is 43.1 Å². The molecule has 0 spiro atoms. The molecule has 2 aromatic rings. The Kier molecular flexibility index (Phi) is 1.59. The van der Waals surface area contributed by atoms with E-state index in [1.165, 1.54) is 0 Å². The van der Waals surface area contributed by atoms with Crippen LogP contribution in [-0.4, -0.2) is 28.4 Å². The number of hydrogen-bond acceptors (Lipinski definition) is 3. The Morgan fingerprint density at radius 3 is 3.08 bits per heavy atom. The molecule has 1 aromatic carbocycles. The van der Waals surface area contributed by atoms with Gasteiger partial charge in [-0.3, -0.25) is 4.99 Å². The fraction of sp³-hybridized carbons (Fsp3) is 0.125. The van der Waals surface area contributed by atoms with Gasteiger partial charge in [-0.05, 0) is 12.1 Å². The lowest BCUT2D eigenvalue weighted by molar-refractivity contribution is 0.874. The second-order valence-corrected chi connectivity index (χ2v) is 2.40. The van der Waals surface area contributed by atoms with Crippen LogP contribution in [0.25, 0.3) is 11.0 Å². The van der Waals surface area contributed by atoms with Gasteiger partial charge in [0.2, 0.25) is 0 Å². The highest BCUT2D eigenvalue weighted by Crippen LogP contribution is 2.07. The molecule has 0 unspecified atom stereocenters. The lowest BCUT2D eigenvalue weighted by atomic mass is 10.3. The number of hydrogen-bond donors (Lipinski definition) is 0. The van der Waals surface area contributed by atoms with E-state index in [-0.39, 0.29) is 0 Å². The first-order valence-corrected chi connectivity index (χ1v) is 3.64. The van der Waals surface area contributed by atoms with E-state index in [1.807, 2.05) is 24.3 Å². The third-order valence-corrected chi connectivity index (χ3v) is 1.60. The lowest BCUT2D eigenvalue weighted by Gasteiger charge is -1.89. The van der Waals surface area contributed by atoms with Crippen molar-refractivity contribution in [2.24, 2.45) is 4.99 Å². The normalized spacial score (nSPS) is 11.4. The summed E-state index contributed by atoms with van der Waals surface area (Å²) >= 11 is 0. The first-order valence-electron chi connectivity index (χ1n) is 3.64. The molecule has 4 heteroatoms. The molecule has 0 radical (unpaired) electrons. The number of benzene rings is 1. The van der Waals surface area contributed by atoms with Gasteiger partial charge in [-0.25, -0.2) is 4.68 Å². The second-order valence-electron chi connectivity index (χ2n) is 2.40. The van der Waals surface area contributed by atoms with E-state index in [0.717, 1.165) is 11.0 Å². The molecule has 4 nitrogen and oxygen atoms in total. The van der Waals surface area contributed by atoms with Crippen molar-refractivity contribution in [2.45, 2.75) is 0 Å². The summed E-state index contributed by atoms with van der Waals surface area (Å²) < 4.78 is 1.65. The van der Waals surface area contributed by atoms with Crippen molar-refractivity contribution in [3.05, 3.63) is 24.3 Å². The van der Waals surface area contributed by atoms with Gasteiger partial charge in [-0.1, -0.05) is 17.3 Å². The van der Waals surface area contributed by atoms with Crippen LogP contribution in [0.1, 0.15) is 0 Å². The molecule has 12 heavy (non-hydrogen) atoms. The molecule has 60 valence electrons. The Morgan fingerprint density at radius 2 is 2.25 bits per heavy atom. The minimum absolute atomic E-state index is 0.886. The Balaban J connectivity index is 2.70. The monoisotopic (exact) mass is 160 g/mol. The van der Waals surface area contributed by atoms with Gasteiger partial charge in [0.05, 0.1) is 5.52 Å². The molecule has 0 aliphatic rings. The summed E-state index contributed by atoms with van der Waals surface area (Å²) in [5.41, 5.74) is 1.86. The maximum Gasteiger partial charge on any atom is 0.113 e. The summed E-state index contributed by atoms with van der Waals surface area (Å²) in [6.45, 7) is 0. The molecule has 0 atom stereocenters. The van der Waals surface area contributed by atoms with E-state index in [1.54, 1.807) is 18.1 Å². The van der Waals surface area contributed by atoms with Crippen LogP contribution in [0.15, 0.2) is 29.3 Å². The number of rotatable bonds is 1. The van der Waals surface area contributed by atoms with E-state index in [2.05, 4.69) is 15.3 Å². The largest absolute Gasteiger partial charge is 0.277 e. The summed E-state index contributed by atoms with van der Waals surface area (Å²) in [7, 11) is 1.70. The van der Waals surface area contributed by atoms with Crippen molar-refractivity contribution < 1.29 is 0 Å². The first kappa shape index (κ1) is 6.97. The summed E-state index contributed by atoms with van der Waals surface area (Å²) in [6.07, 6.45) is 1.63. The van der Waals surface area contributed by atoms with Crippen LogP contribution in [-0.2, 0) is 0 Å². The highest BCUT2D eigenvalue weighted by atomic mass is 15.4. The van der Waals surface area contributed by atoms with Crippen LogP contribution in [0.5, 0.6) is 0 Å². The standard InChI is InChI=1S/C8H8N4/c1-9-6-12-8-5-3-2-4-7(8)10-11-12/h2-6H,1H3. The molecule has 0 saturated heterocycles. The molecule has 0 N–H and O–H groups in total. The van der Waals surface area contributed by atoms with Crippen molar-refractivity contribution in [1.29, 1.82) is 0 Å². The fourth-order valence-corrected chi connectivity index (χ4v) is 1.08. The minimum atomic E-state index is 0.886. The van der Waals surface area contributed by atoms with Crippen molar-refractivity contribution >= 4 is 17.4 Å². The Bertz CT molecular complexity index is 416. The zero-order valence-electron chi connectivity index (χ0n) is 6.68. The number of aromatic nitrogens is 3. The maximum atomic E-state index is 3.96. The molecule has 0 saturated carbocycles. The molecular formula is C8H8N4. The molecule has 0 bridgehead atoms. The Hall–Kier alpha value is -1.71. The molecular weight excluding hydrogens is 152 g/mol. The van der Waals surface area contributed by atoms with Gasteiger partial charge in [0, 0.05) is 7.05 Å². The fourth-order valence-electron chi connectivity index (χ4n) is 1.08. The highest BCUT2D eigenvalue weighted by Gasteiger charge is 1.98. The SMILES string of the molecule is CN=Cn1nnc2ccccc21. The molecule has 2 rings (SSSR count). The van der Waals surface area contributed by atoms with E-state index >= 15 is 0 Å². The minimum Gasteiger partial charge on any atom is -0.277 e. The predicted molar refractivity (Wildman–Crippen MR) is 47.3 cm³/mol. The summed E-state index contributed by atoms with van der Waals surface area (Å²) in [5, 5.41) is 7.86. The van der Waals surface area contributed by atoms with Gasteiger partial charge in [0.25, 0.3) is 0 Å². The second kappa shape index (κ2) is 2.73. The van der Waals surface area contributed by atoms with Crippen molar-refractivity contribution in [1.82, 2.24) is 15.0 Å². The third kappa shape index (κ3) is 0.972. The average Bonchev–Trinajstić information content (AvgIpc) is 2.50. The summed E-state index contributed by atoms with van der Waals surface area (Å²) in [6, 6.07) is 7.76. The van der Waals surface area contributed by atoms with Gasteiger partial charge >= 0.3 is 0 Å². The average molecular weight is 160 g/mol. The van der Waals surface area contributed by atoms with Gasteiger partial charge in [0.15, 0.2) is 0 Å².